The number of aromatic nitrogens is 2. The normalized spacial score (nSPS) is 19.6. The van der Waals surface area contributed by atoms with Crippen molar-refractivity contribution in [2.75, 3.05) is 6.54 Å². The molecule has 0 radical (unpaired) electrons. The van der Waals surface area contributed by atoms with E-state index in [9.17, 15) is 9.59 Å². The van der Waals surface area contributed by atoms with Gasteiger partial charge in [-0.05, 0) is 72.9 Å². The van der Waals surface area contributed by atoms with E-state index in [-0.39, 0.29) is 23.0 Å². The Morgan fingerprint density at radius 2 is 1.77 bits per heavy atom. The van der Waals surface area contributed by atoms with Crippen LogP contribution >= 0.6 is 0 Å². The number of para-hydroxylation sites is 2. The van der Waals surface area contributed by atoms with Gasteiger partial charge < -0.3 is 14.8 Å². The molecule has 7 heteroatoms. The van der Waals surface area contributed by atoms with Crippen LogP contribution in [0.2, 0.25) is 0 Å². The van der Waals surface area contributed by atoms with E-state index < -0.39 is 18.1 Å². The third kappa shape index (κ3) is 4.71. The molecule has 1 N–H and O–H groups in total. The fraction of sp³-hybridized carbons (Fsp3) is 0.344. The van der Waals surface area contributed by atoms with Gasteiger partial charge in [-0.15, -0.1) is 0 Å². The van der Waals surface area contributed by atoms with E-state index in [1.165, 1.54) is 0 Å². The van der Waals surface area contributed by atoms with Crippen molar-refractivity contribution in [3.63, 3.8) is 0 Å². The fourth-order valence-corrected chi connectivity index (χ4v) is 5.85. The highest BCUT2D eigenvalue weighted by Gasteiger charge is 2.41. The van der Waals surface area contributed by atoms with Gasteiger partial charge in [0.15, 0.2) is 0 Å². The minimum Gasteiger partial charge on any atom is -0.343 e. The first-order valence-electron chi connectivity index (χ1n) is 13.7. The minimum atomic E-state index is -0.588. The molecule has 2 amide bonds. The van der Waals surface area contributed by atoms with Crippen molar-refractivity contribution in [3.05, 3.63) is 102 Å². The molecular weight excluding hydrogens is 491 g/mol. The molecule has 1 aliphatic carbocycles. The molecule has 4 aromatic rings. The second-order valence-electron chi connectivity index (χ2n) is 11.2. The first kappa shape index (κ1) is 25.3. The van der Waals surface area contributed by atoms with Crippen LogP contribution in [0.25, 0.3) is 11.0 Å². The van der Waals surface area contributed by atoms with Gasteiger partial charge in [0.1, 0.15) is 17.9 Å². The SMILES string of the molecule is CC(C(=O)N1CCC[C@H]1C(=O)N[C@@H](c1ccccc1)c1ccc(C2(C)CC2)c(F)c1)n1cnc2ccccc21. The molecule has 1 unspecified atom stereocenters. The minimum absolute atomic E-state index is 0.0872. The Morgan fingerprint density at radius 3 is 2.51 bits per heavy atom. The molecule has 6 nitrogen and oxygen atoms in total. The van der Waals surface area contributed by atoms with Crippen LogP contribution in [0.15, 0.2) is 79.1 Å². The number of carbonyl (C=O) groups excluding carboxylic acids is 2. The van der Waals surface area contributed by atoms with Gasteiger partial charge in [0.2, 0.25) is 11.8 Å². The summed E-state index contributed by atoms with van der Waals surface area (Å²) in [6.45, 7) is 4.45. The van der Waals surface area contributed by atoms with E-state index in [2.05, 4.69) is 17.2 Å². The van der Waals surface area contributed by atoms with Crippen molar-refractivity contribution >= 4 is 22.8 Å². The molecule has 39 heavy (non-hydrogen) atoms. The highest BCUT2D eigenvalue weighted by atomic mass is 19.1. The topological polar surface area (TPSA) is 67.2 Å². The molecule has 1 saturated heterocycles. The summed E-state index contributed by atoms with van der Waals surface area (Å²) in [5, 5.41) is 3.16. The van der Waals surface area contributed by atoms with Crippen LogP contribution in [-0.4, -0.2) is 38.9 Å². The quantitative estimate of drug-likeness (QED) is 0.338. The smallest absolute Gasteiger partial charge is 0.246 e. The molecular formula is C32H33FN4O2. The molecule has 6 rings (SSSR count). The summed E-state index contributed by atoms with van der Waals surface area (Å²) in [6.07, 6.45) is 4.99. The van der Waals surface area contributed by atoms with Gasteiger partial charge in [-0.2, -0.15) is 0 Å². The molecule has 2 aliphatic rings. The van der Waals surface area contributed by atoms with E-state index in [4.69, 9.17) is 0 Å². The molecule has 1 aromatic heterocycles. The van der Waals surface area contributed by atoms with Crippen LogP contribution in [-0.2, 0) is 15.0 Å². The zero-order valence-corrected chi connectivity index (χ0v) is 22.3. The standard InChI is InChI=1S/C32H33FN4O2/c1-21(37-20-34-26-11-6-7-12-27(26)37)31(39)36-18-8-13-28(36)30(38)35-29(22-9-4-3-5-10-22)23-14-15-24(25(33)19-23)32(2)16-17-32/h3-7,9-12,14-15,19-21,28-29H,8,13,16-18H2,1-2H3,(H,35,38)/t21?,28-,29-/m0/s1. The van der Waals surface area contributed by atoms with Gasteiger partial charge in [0.05, 0.1) is 23.4 Å². The Morgan fingerprint density at radius 1 is 1.03 bits per heavy atom. The molecule has 2 heterocycles. The maximum Gasteiger partial charge on any atom is 0.246 e. The summed E-state index contributed by atoms with van der Waals surface area (Å²) in [5.74, 6) is -0.571. The molecule has 2 fully saturated rings. The Bertz CT molecular complexity index is 1530. The number of imidazole rings is 1. The number of nitrogens with one attached hydrogen (secondary N) is 1. The number of halogens is 1. The number of fused-ring (bicyclic) bond motifs is 1. The number of likely N-dealkylation sites (tertiary alicyclic amines) is 1. The van der Waals surface area contributed by atoms with Crippen LogP contribution < -0.4 is 5.32 Å². The maximum atomic E-state index is 15.2. The lowest BCUT2D eigenvalue weighted by Gasteiger charge is -2.29. The van der Waals surface area contributed by atoms with Crippen molar-refractivity contribution in [2.24, 2.45) is 0 Å². The number of carbonyl (C=O) groups is 2. The number of hydrogen-bond donors (Lipinski definition) is 1. The fourth-order valence-electron chi connectivity index (χ4n) is 5.85. The Labute approximate surface area is 227 Å². The monoisotopic (exact) mass is 524 g/mol. The zero-order valence-electron chi connectivity index (χ0n) is 22.3. The highest BCUT2D eigenvalue weighted by Crippen LogP contribution is 2.48. The van der Waals surface area contributed by atoms with E-state index in [1.54, 1.807) is 17.3 Å². The summed E-state index contributed by atoms with van der Waals surface area (Å²) in [7, 11) is 0. The zero-order chi connectivity index (χ0) is 27.1. The predicted molar refractivity (Wildman–Crippen MR) is 149 cm³/mol. The van der Waals surface area contributed by atoms with Crippen LogP contribution in [0.3, 0.4) is 0 Å². The van der Waals surface area contributed by atoms with Gasteiger partial charge in [0, 0.05) is 6.54 Å². The second-order valence-corrected chi connectivity index (χ2v) is 11.2. The predicted octanol–water partition coefficient (Wildman–Crippen LogP) is 5.68. The Hall–Kier alpha value is -4.00. The lowest BCUT2D eigenvalue weighted by molar-refractivity contribution is -0.140. The summed E-state index contributed by atoms with van der Waals surface area (Å²) >= 11 is 0. The van der Waals surface area contributed by atoms with E-state index in [0.29, 0.717) is 18.5 Å². The van der Waals surface area contributed by atoms with Crippen molar-refractivity contribution in [2.45, 2.75) is 63.1 Å². The summed E-state index contributed by atoms with van der Waals surface area (Å²) in [5.41, 5.74) is 3.91. The third-order valence-electron chi connectivity index (χ3n) is 8.49. The average Bonchev–Trinajstić information content (AvgIpc) is 3.34. The molecule has 0 bridgehead atoms. The number of rotatable bonds is 7. The van der Waals surface area contributed by atoms with Gasteiger partial charge in [-0.3, -0.25) is 9.59 Å². The van der Waals surface area contributed by atoms with Crippen molar-refractivity contribution in [1.82, 2.24) is 19.8 Å². The number of hydrogen-bond acceptors (Lipinski definition) is 3. The number of benzene rings is 3. The van der Waals surface area contributed by atoms with E-state index in [0.717, 1.165) is 41.4 Å². The Kier molecular flexibility index (Phi) is 6.45. The molecule has 1 aliphatic heterocycles. The van der Waals surface area contributed by atoms with Crippen molar-refractivity contribution < 1.29 is 14.0 Å². The van der Waals surface area contributed by atoms with Gasteiger partial charge in [-0.1, -0.05) is 61.5 Å². The summed E-state index contributed by atoms with van der Waals surface area (Å²) in [4.78, 5) is 33.5. The van der Waals surface area contributed by atoms with E-state index >= 15 is 4.39 Å². The van der Waals surface area contributed by atoms with Crippen LogP contribution in [0.4, 0.5) is 4.39 Å². The van der Waals surface area contributed by atoms with E-state index in [1.807, 2.05) is 78.2 Å². The first-order valence-corrected chi connectivity index (χ1v) is 13.7. The largest absolute Gasteiger partial charge is 0.343 e. The van der Waals surface area contributed by atoms with Crippen LogP contribution in [0, 0.1) is 5.82 Å². The molecule has 200 valence electrons. The first-order chi connectivity index (χ1) is 18.9. The van der Waals surface area contributed by atoms with Gasteiger partial charge in [-0.25, -0.2) is 9.37 Å². The lowest BCUT2D eigenvalue weighted by Crippen LogP contribution is -2.48. The summed E-state index contributed by atoms with van der Waals surface area (Å²) < 4.78 is 17.1. The lowest BCUT2D eigenvalue weighted by atomic mass is 9.92. The van der Waals surface area contributed by atoms with Crippen molar-refractivity contribution in [3.8, 4) is 0 Å². The van der Waals surface area contributed by atoms with Gasteiger partial charge in [0.25, 0.3) is 0 Å². The van der Waals surface area contributed by atoms with Crippen LogP contribution in [0.1, 0.15) is 68.3 Å². The van der Waals surface area contributed by atoms with Gasteiger partial charge >= 0.3 is 0 Å². The third-order valence-corrected chi connectivity index (χ3v) is 8.49. The molecule has 0 spiro atoms. The summed E-state index contributed by atoms with van der Waals surface area (Å²) in [6, 6.07) is 21.0. The Balaban J connectivity index is 1.25. The number of amides is 2. The number of nitrogens with zero attached hydrogens (tertiary/aromatic N) is 3. The van der Waals surface area contributed by atoms with Crippen LogP contribution in [0.5, 0.6) is 0 Å². The highest BCUT2D eigenvalue weighted by molar-refractivity contribution is 5.91. The van der Waals surface area contributed by atoms with Crippen molar-refractivity contribution in [1.29, 1.82) is 0 Å². The molecule has 3 aromatic carbocycles. The average molecular weight is 525 g/mol. The maximum absolute atomic E-state index is 15.2. The second kappa shape index (κ2) is 9.95. The molecule has 1 saturated carbocycles. The molecule has 3 atom stereocenters.